The lowest BCUT2D eigenvalue weighted by molar-refractivity contribution is 0.195. The third-order valence-electron chi connectivity index (χ3n) is 3.00. The van der Waals surface area contributed by atoms with Gasteiger partial charge in [0, 0.05) is 4.90 Å². The van der Waals surface area contributed by atoms with Gasteiger partial charge in [-0.05, 0) is 49.6 Å². The number of hydrogen-bond acceptors (Lipinski definition) is 2. The molecule has 0 aliphatic heterocycles. The summed E-state index contributed by atoms with van der Waals surface area (Å²) in [4.78, 5) is 1.53. The van der Waals surface area contributed by atoms with Crippen molar-refractivity contribution in [3.8, 4) is 0 Å². The Balaban J connectivity index is 2.46. The maximum absolute atomic E-state index is 14.0. The van der Waals surface area contributed by atoms with Crippen LogP contribution < -0.4 is 0 Å². The summed E-state index contributed by atoms with van der Waals surface area (Å²) in [6.07, 6.45) is -0.677. The average molecular weight is 276 g/mol. The van der Waals surface area contributed by atoms with Gasteiger partial charge in [0.1, 0.15) is 5.82 Å². The minimum absolute atomic E-state index is 0.288. The van der Waals surface area contributed by atoms with E-state index in [0.717, 1.165) is 16.0 Å². The summed E-state index contributed by atoms with van der Waals surface area (Å²) >= 11 is 1.37. The predicted octanol–water partition coefficient (Wildman–Crippen LogP) is 4.65. The van der Waals surface area contributed by atoms with Gasteiger partial charge in [-0.15, -0.1) is 0 Å². The van der Waals surface area contributed by atoms with Crippen molar-refractivity contribution >= 4 is 11.8 Å². The molecule has 2 aromatic carbocycles. The molecule has 19 heavy (non-hydrogen) atoms. The average Bonchev–Trinajstić information content (AvgIpc) is 2.35. The van der Waals surface area contributed by atoms with Gasteiger partial charge in [0.25, 0.3) is 0 Å². The second-order valence-electron chi connectivity index (χ2n) is 4.71. The van der Waals surface area contributed by atoms with Crippen molar-refractivity contribution in [1.82, 2.24) is 0 Å². The zero-order valence-electron chi connectivity index (χ0n) is 11.3. The maximum Gasteiger partial charge on any atom is 0.137 e. The van der Waals surface area contributed by atoms with Crippen molar-refractivity contribution in [3.63, 3.8) is 0 Å². The molecule has 0 saturated carbocycles. The number of aryl methyl sites for hydroxylation is 2. The molecule has 0 unspecified atom stereocenters. The largest absolute Gasteiger partial charge is 0.389 e. The van der Waals surface area contributed by atoms with Gasteiger partial charge in [0.2, 0.25) is 0 Å². The molecule has 1 atom stereocenters. The van der Waals surface area contributed by atoms with Crippen molar-refractivity contribution in [2.24, 2.45) is 0 Å². The number of aliphatic hydroxyl groups is 1. The molecule has 0 spiro atoms. The van der Waals surface area contributed by atoms with Gasteiger partial charge >= 0.3 is 0 Å². The summed E-state index contributed by atoms with van der Waals surface area (Å²) in [5, 5.41) is 9.75. The second kappa shape index (κ2) is 5.76. The first kappa shape index (κ1) is 14.1. The van der Waals surface area contributed by atoms with Crippen molar-refractivity contribution in [3.05, 3.63) is 58.9 Å². The molecule has 1 nitrogen and oxygen atoms in total. The van der Waals surface area contributed by atoms with Crippen molar-refractivity contribution in [2.75, 3.05) is 0 Å². The molecule has 0 bridgehead atoms. The summed E-state index contributed by atoms with van der Waals surface area (Å²) < 4.78 is 14.0. The van der Waals surface area contributed by atoms with E-state index in [-0.39, 0.29) is 5.82 Å². The highest BCUT2D eigenvalue weighted by atomic mass is 32.2. The highest BCUT2D eigenvalue weighted by Crippen LogP contribution is 2.37. The molecule has 100 valence electrons. The fraction of sp³-hybridized carbons (Fsp3) is 0.250. The van der Waals surface area contributed by atoms with Crippen LogP contribution >= 0.6 is 11.8 Å². The van der Waals surface area contributed by atoms with Gasteiger partial charge in [0.15, 0.2) is 0 Å². The Bertz CT molecular complexity index is 593. The molecule has 2 aromatic rings. The van der Waals surface area contributed by atoms with Crippen LogP contribution in [-0.2, 0) is 0 Å². The summed E-state index contributed by atoms with van der Waals surface area (Å²) in [5.41, 5.74) is 2.88. The van der Waals surface area contributed by atoms with Crippen molar-refractivity contribution < 1.29 is 9.50 Å². The van der Waals surface area contributed by atoms with Crippen LogP contribution in [0.3, 0.4) is 0 Å². The standard InChI is InChI=1S/C16H17FOS/c1-10-7-8-11(2)15(9-10)19-16-13(12(3)18)5-4-6-14(16)17/h4-9,12,18H,1-3H3/t12-/m0/s1. The normalized spacial score (nSPS) is 12.5. The lowest BCUT2D eigenvalue weighted by Crippen LogP contribution is -1.97. The maximum atomic E-state index is 14.0. The second-order valence-corrected chi connectivity index (χ2v) is 5.76. The number of benzene rings is 2. The summed E-state index contributed by atoms with van der Waals surface area (Å²) in [5.74, 6) is -0.288. The highest BCUT2D eigenvalue weighted by Gasteiger charge is 2.14. The predicted molar refractivity (Wildman–Crippen MR) is 77.1 cm³/mol. The Morgan fingerprint density at radius 1 is 1.16 bits per heavy atom. The van der Waals surface area contributed by atoms with Crippen LogP contribution in [0.2, 0.25) is 0 Å². The van der Waals surface area contributed by atoms with Gasteiger partial charge in [-0.1, -0.05) is 36.0 Å². The topological polar surface area (TPSA) is 20.2 Å². The first-order valence-corrected chi connectivity index (χ1v) is 7.02. The molecule has 3 heteroatoms. The fourth-order valence-corrected chi connectivity index (χ4v) is 3.11. The Kier molecular flexibility index (Phi) is 4.27. The molecule has 0 aromatic heterocycles. The lowest BCUT2D eigenvalue weighted by Gasteiger charge is -2.14. The number of hydrogen-bond donors (Lipinski definition) is 1. The highest BCUT2D eigenvalue weighted by molar-refractivity contribution is 7.99. The first-order chi connectivity index (χ1) is 8.99. The van der Waals surface area contributed by atoms with Gasteiger partial charge in [-0.3, -0.25) is 0 Å². The lowest BCUT2D eigenvalue weighted by atomic mass is 10.1. The third-order valence-corrected chi connectivity index (χ3v) is 4.30. The zero-order chi connectivity index (χ0) is 14.0. The Hall–Kier alpha value is -1.32. The van der Waals surface area contributed by atoms with Gasteiger partial charge in [0.05, 0.1) is 11.0 Å². The van der Waals surface area contributed by atoms with E-state index in [9.17, 15) is 9.50 Å². The molecule has 0 saturated heterocycles. The molecule has 1 N–H and O–H groups in total. The van der Waals surface area contributed by atoms with Crippen molar-refractivity contribution in [2.45, 2.75) is 36.7 Å². The molecule has 0 aliphatic carbocycles. The SMILES string of the molecule is Cc1ccc(C)c(Sc2c(F)cccc2[C@H](C)O)c1. The van der Waals surface area contributed by atoms with Crippen LogP contribution in [-0.4, -0.2) is 5.11 Å². The Morgan fingerprint density at radius 2 is 1.89 bits per heavy atom. The van der Waals surface area contributed by atoms with Gasteiger partial charge in [-0.2, -0.15) is 0 Å². The monoisotopic (exact) mass is 276 g/mol. The van der Waals surface area contributed by atoms with Crippen LogP contribution in [0.25, 0.3) is 0 Å². The van der Waals surface area contributed by atoms with E-state index in [1.54, 1.807) is 19.1 Å². The van der Waals surface area contributed by atoms with E-state index < -0.39 is 6.10 Å². The van der Waals surface area contributed by atoms with E-state index in [2.05, 4.69) is 0 Å². The molecule has 0 amide bonds. The van der Waals surface area contributed by atoms with Crippen LogP contribution in [0, 0.1) is 19.7 Å². The van der Waals surface area contributed by atoms with Gasteiger partial charge < -0.3 is 5.11 Å². The quantitative estimate of drug-likeness (QED) is 0.880. The summed E-state index contributed by atoms with van der Waals surface area (Å²) in [6, 6.07) is 10.9. The molecule has 0 aliphatic rings. The molecule has 2 rings (SSSR count). The van der Waals surface area contributed by atoms with E-state index in [4.69, 9.17) is 0 Å². The molecule has 0 fully saturated rings. The molecule has 0 radical (unpaired) electrons. The van der Waals surface area contributed by atoms with Crippen LogP contribution in [0.15, 0.2) is 46.2 Å². The minimum atomic E-state index is -0.677. The Morgan fingerprint density at radius 3 is 2.58 bits per heavy atom. The fourth-order valence-electron chi connectivity index (χ4n) is 1.89. The number of rotatable bonds is 3. The number of aliphatic hydroxyl groups excluding tert-OH is 1. The molecule has 0 heterocycles. The third kappa shape index (κ3) is 3.17. The minimum Gasteiger partial charge on any atom is -0.389 e. The molecular weight excluding hydrogens is 259 g/mol. The van der Waals surface area contributed by atoms with Crippen molar-refractivity contribution in [1.29, 1.82) is 0 Å². The zero-order valence-corrected chi connectivity index (χ0v) is 12.1. The van der Waals surface area contributed by atoms with Crippen LogP contribution in [0.4, 0.5) is 4.39 Å². The summed E-state index contributed by atoms with van der Waals surface area (Å²) in [6.45, 7) is 5.67. The number of halogens is 1. The van der Waals surface area contributed by atoms with E-state index in [0.29, 0.717) is 10.5 Å². The molecular formula is C16H17FOS. The smallest absolute Gasteiger partial charge is 0.137 e. The summed E-state index contributed by atoms with van der Waals surface area (Å²) in [7, 11) is 0. The first-order valence-electron chi connectivity index (χ1n) is 6.20. The van der Waals surface area contributed by atoms with Crippen LogP contribution in [0.1, 0.15) is 29.7 Å². The van der Waals surface area contributed by atoms with Gasteiger partial charge in [-0.25, -0.2) is 4.39 Å². The Labute approximate surface area is 117 Å². The van der Waals surface area contributed by atoms with E-state index in [1.807, 2.05) is 32.0 Å². The van der Waals surface area contributed by atoms with E-state index in [1.165, 1.54) is 17.8 Å². The van der Waals surface area contributed by atoms with E-state index >= 15 is 0 Å². The van der Waals surface area contributed by atoms with Crippen LogP contribution in [0.5, 0.6) is 0 Å².